The van der Waals surface area contributed by atoms with Crippen molar-refractivity contribution in [2.24, 2.45) is 0 Å². The van der Waals surface area contributed by atoms with E-state index in [0.29, 0.717) is 68.5 Å². The molecule has 7 rings (SSSR count). The lowest BCUT2D eigenvalue weighted by Gasteiger charge is -2.38. The Bertz CT molecular complexity index is 1960. The molecule has 19 heteroatoms. The smallest absolute Gasteiger partial charge is 0.364 e. The van der Waals surface area contributed by atoms with E-state index in [1.807, 2.05) is 4.90 Å². The Labute approximate surface area is 280 Å². The van der Waals surface area contributed by atoms with Gasteiger partial charge in [-0.3, -0.25) is 24.2 Å². The summed E-state index contributed by atoms with van der Waals surface area (Å²) < 4.78 is 51.8. The summed E-state index contributed by atoms with van der Waals surface area (Å²) in [6, 6.07) is 4.34. The van der Waals surface area contributed by atoms with E-state index < -0.39 is 28.8 Å². The zero-order valence-electron chi connectivity index (χ0n) is 25.6. The van der Waals surface area contributed by atoms with Gasteiger partial charge in [-0.2, -0.15) is 27.8 Å². The molecular weight excluding hydrogens is 677 g/mol. The lowest BCUT2D eigenvalue weighted by molar-refractivity contribution is -0.137. The molecule has 254 valence electrons. The van der Waals surface area contributed by atoms with E-state index >= 15 is 0 Å². The van der Waals surface area contributed by atoms with Crippen molar-refractivity contribution in [3.05, 3.63) is 67.9 Å². The van der Waals surface area contributed by atoms with Crippen LogP contribution in [0.5, 0.6) is 0 Å². The number of aromatic amines is 1. The summed E-state index contributed by atoms with van der Waals surface area (Å²) in [4.78, 5) is 49.1. The highest BCUT2D eigenvalue weighted by atomic mass is 35.5. The monoisotopic (exact) mass is 706 g/mol. The molecule has 6 heterocycles. The van der Waals surface area contributed by atoms with Crippen molar-refractivity contribution in [2.75, 3.05) is 48.7 Å². The maximum atomic E-state index is 14.2. The van der Waals surface area contributed by atoms with Crippen LogP contribution in [0.2, 0.25) is 5.02 Å². The summed E-state index contributed by atoms with van der Waals surface area (Å²) in [5.74, 6) is 0.361. The number of piperidine rings is 1. The molecule has 1 aromatic carbocycles. The lowest BCUT2D eigenvalue weighted by Crippen LogP contribution is -2.47. The summed E-state index contributed by atoms with van der Waals surface area (Å²) in [5, 5.41) is 13.7. The van der Waals surface area contributed by atoms with E-state index in [4.69, 9.17) is 21.3 Å². The van der Waals surface area contributed by atoms with E-state index in [-0.39, 0.29) is 35.5 Å². The highest BCUT2D eigenvalue weighted by molar-refractivity contribution is 7.97. The highest BCUT2D eigenvalue weighted by Crippen LogP contribution is 2.43. The fraction of sp³-hybridized carbons (Fsp3) is 0.448. The molecule has 48 heavy (non-hydrogen) atoms. The second-order valence-corrected chi connectivity index (χ2v) is 13.2. The van der Waals surface area contributed by atoms with Crippen LogP contribution in [-0.4, -0.2) is 84.6 Å². The molecule has 0 radical (unpaired) electrons. The Kier molecular flexibility index (Phi) is 8.37. The van der Waals surface area contributed by atoms with E-state index in [1.165, 1.54) is 4.52 Å². The van der Waals surface area contributed by atoms with Gasteiger partial charge in [-0.1, -0.05) is 23.5 Å². The van der Waals surface area contributed by atoms with Crippen LogP contribution < -0.4 is 20.5 Å². The van der Waals surface area contributed by atoms with Crippen LogP contribution in [0.3, 0.4) is 0 Å². The van der Waals surface area contributed by atoms with Gasteiger partial charge in [0.1, 0.15) is 17.8 Å². The average Bonchev–Trinajstić information content (AvgIpc) is 3.72. The number of nitrogens with zero attached hydrogens (tertiary/aromatic N) is 7. The number of carbonyl (C=O) groups is 2. The Morgan fingerprint density at radius 2 is 1.96 bits per heavy atom. The molecular formula is C29H30ClF3N10O4S. The van der Waals surface area contributed by atoms with Crippen molar-refractivity contribution in [2.45, 2.75) is 44.7 Å². The Morgan fingerprint density at radius 3 is 2.67 bits per heavy atom. The SMILES string of the molecule is Cc1cc(C(=O)N2CCC3(CC2)OCc2c3c(=O)n3nc(N4CCNSCC4)nc3n2CC(=O)Nc2ccc(C(F)(F)F)cc2Cl)n[nH]1. The fourth-order valence-electron chi connectivity index (χ4n) is 6.35. The first-order chi connectivity index (χ1) is 22.9. The van der Waals surface area contributed by atoms with Crippen LogP contribution in [0.15, 0.2) is 29.1 Å². The molecule has 4 aromatic rings. The number of amides is 2. The van der Waals surface area contributed by atoms with Crippen LogP contribution in [0.4, 0.5) is 24.8 Å². The van der Waals surface area contributed by atoms with Crippen molar-refractivity contribution in [3.63, 3.8) is 0 Å². The number of fused-ring (bicyclic) bond motifs is 3. The molecule has 2 fully saturated rings. The number of aromatic nitrogens is 6. The number of hydrogen-bond donors (Lipinski definition) is 3. The second-order valence-electron chi connectivity index (χ2n) is 11.8. The minimum absolute atomic E-state index is 0.00281. The van der Waals surface area contributed by atoms with Crippen molar-refractivity contribution in [1.29, 1.82) is 0 Å². The number of anilines is 2. The summed E-state index contributed by atoms with van der Waals surface area (Å²) in [6.45, 7) is 3.93. The van der Waals surface area contributed by atoms with Crippen LogP contribution in [-0.2, 0) is 34.5 Å². The van der Waals surface area contributed by atoms with Crippen LogP contribution in [0.1, 0.15) is 45.8 Å². The predicted molar refractivity (Wildman–Crippen MR) is 170 cm³/mol. The Hall–Kier alpha value is -4.13. The molecule has 3 aliphatic heterocycles. The second kappa shape index (κ2) is 12.4. The highest BCUT2D eigenvalue weighted by Gasteiger charge is 2.48. The first kappa shape index (κ1) is 32.4. The number of likely N-dealkylation sites (tertiary alicyclic amines) is 1. The third kappa shape index (κ3) is 5.90. The first-order valence-corrected chi connectivity index (χ1v) is 16.5. The number of aryl methyl sites for hydroxylation is 1. The molecule has 3 N–H and O–H groups in total. The minimum atomic E-state index is -4.60. The van der Waals surface area contributed by atoms with Crippen molar-refractivity contribution >= 4 is 52.8 Å². The van der Waals surface area contributed by atoms with Gasteiger partial charge in [0.15, 0.2) is 0 Å². The van der Waals surface area contributed by atoms with Gasteiger partial charge in [0.05, 0.1) is 34.1 Å². The van der Waals surface area contributed by atoms with Gasteiger partial charge in [0, 0.05) is 44.2 Å². The number of hydrogen-bond acceptors (Lipinski definition) is 10. The van der Waals surface area contributed by atoms with Crippen LogP contribution >= 0.6 is 23.5 Å². The predicted octanol–water partition coefficient (Wildman–Crippen LogP) is 2.95. The van der Waals surface area contributed by atoms with Crippen LogP contribution in [0, 0.1) is 6.92 Å². The van der Waals surface area contributed by atoms with Crippen LogP contribution in [0.25, 0.3) is 5.78 Å². The standard InChI is InChI=1S/C29H30ClF3N10O4S/c1-16-12-20(38-37-16)24(45)40-7-4-28(5-8-40)23-21(15-47-28)42(14-22(44)35-19-3-2-17(13-18(19)30)29(31,32)33)27-36-26(39-43(27)25(23)46)41-9-6-34-48-11-10-41/h2-3,12-13,34H,4-11,14-15H2,1H3,(H,35,44)(H,37,38). The average molecular weight is 707 g/mol. The summed E-state index contributed by atoms with van der Waals surface area (Å²) in [6.07, 6.45) is -3.96. The third-order valence-corrected chi connectivity index (χ3v) is 9.88. The molecule has 0 saturated carbocycles. The van der Waals surface area contributed by atoms with Crippen molar-refractivity contribution < 1.29 is 27.5 Å². The van der Waals surface area contributed by atoms with E-state index in [2.05, 4.69) is 25.3 Å². The van der Waals surface area contributed by atoms with Crippen molar-refractivity contribution in [3.8, 4) is 0 Å². The molecule has 14 nitrogen and oxygen atoms in total. The van der Waals surface area contributed by atoms with Gasteiger partial charge in [-0.05, 0) is 44.0 Å². The number of alkyl halides is 3. The maximum Gasteiger partial charge on any atom is 0.416 e. The number of benzene rings is 1. The lowest BCUT2D eigenvalue weighted by atomic mass is 9.85. The quantitative estimate of drug-likeness (QED) is 0.264. The van der Waals surface area contributed by atoms with E-state index in [0.717, 1.165) is 29.6 Å². The molecule has 2 amide bonds. The zero-order chi connectivity index (χ0) is 33.8. The molecule has 2 saturated heterocycles. The topological polar surface area (TPSA) is 155 Å². The molecule has 0 unspecified atom stereocenters. The van der Waals surface area contributed by atoms with Gasteiger partial charge in [0.25, 0.3) is 11.5 Å². The summed E-state index contributed by atoms with van der Waals surface area (Å²) in [7, 11) is 0. The largest absolute Gasteiger partial charge is 0.416 e. The minimum Gasteiger partial charge on any atom is -0.364 e. The number of ether oxygens (including phenoxy) is 1. The van der Waals surface area contributed by atoms with E-state index in [1.54, 1.807) is 34.4 Å². The van der Waals surface area contributed by atoms with Gasteiger partial charge in [0.2, 0.25) is 17.6 Å². The van der Waals surface area contributed by atoms with Crippen molar-refractivity contribution in [1.82, 2.24) is 39.0 Å². The maximum absolute atomic E-state index is 14.2. The zero-order valence-corrected chi connectivity index (χ0v) is 27.1. The Morgan fingerprint density at radius 1 is 1.17 bits per heavy atom. The van der Waals surface area contributed by atoms with Gasteiger partial charge in [-0.15, -0.1) is 5.10 Å². The molecule has 3 aliphatic rings. The van der Waals surface area contributed by atoms with E-state index in [9.17, 15) is 27.6 Å². The molecule has 0 aliphatic carbocycles. The number of nitrogens with one attached hydrogen (secondary N) is 3. The Balaban J connectivity index is 1.23. The normalized spacial score (nSPS) is 17.9. The van der Waals surface area contributed by atoms with Gasteiger partial charge < -0.3 is 24.4 Å². The number of halogens is 4. The first-order valence-electron chi connectivity index (χ1n) is 15.2. The number of carbonyl (C=O) groups excluding carboxylic acids is 2. The summed E-state index contributed by atoms with van der Waals surface area (Å²) >= 11 is 7.69. The van der Waals surface area contributed by atoms with Gasteiger partial charge >= 0.3 is 6.18 Å². The van der Waals surface area contributed by atoms with Gasteiger partial charge in [-0.25, -0.2) is 0 Å². The summed E-state index contributed by atoms with van der Waals surface area (Å²) in [5.41, 5.74) is -0.575. The third-order valence-electron chi connectivity index (χ3n) is 8.77. The number of H-pyrrole nitrogens is 1. The molecule has 1 spiro atoms. The molecule has 3 aromatic heterocycles. The fourth-order valence-corrected chi connectivity index (χ4v) is 7.27. The molecule has 0 atom stereocenters. The number of rotatable bonds is 5. The molecule has 0 bridgehead atoms.